The van der Waals surface area contributed by atoms with Crippen molar-refractivity contribution in [1.29, 1.82) is 0 Å². The van der Waals surface area contributed by atoms with E-state index in [9.17, 15) is 0 Å². The molecule has 0 amide bonds. The summed E-state index contributed by atoms with van der Waals surface area (Å²) in [5.74, 6) is -3.14. The molecule has 0 heterocycles. The summed E-state index contributed by atoms with van der Waals surface area (Å²) >= 11 is 0. The van der Waals surface area contributed by atoms with E-state index in [0.29, 0.717) is 19.3 Å². The van der Waals surface area contributed by atoms with Crippen LogP contribution in [0.5, 0.6) is 0 Å². The van der Waals surface area contributed by atoms with Crippen LogP contribution in [-0.2, 0) is 56.7 Å². The molecule has 1 aliphatic rings. The Labute approximate surface area is 278 Å². The fourth-order valence-corrected chi connectivity index (χ4v) is 6.14. The summed E-state index contributed by atoms with van der Waals surface area (Å²) in [7, 11) is 0. The lowest BCUT2D eigenvalue weighted by atomic mass is 9.79. The van der Waals surface area contributed by atoms with Gasteiger partial charge in [0, 0.05) is 6.42 Å². The van der Waals surface area contributed by atoms with Gasteiger partial charge in [0.05, 0.1) is 33.0 Å². The second kappa shape index (κ2) is 15.6. The predicted octanol–water partition coefficient (Wildman–Crippen LogP) is 8.30. The SMILES string of the molecule is NC1(OCc2ccccc2)CCCC(OCc2ccccc2)(OCc2ccccc2)C1(OCc1ccccc1)OCc1ccccc1. The summed E-state index contributed by atoms with van der Waals surface area (Å²) in [6.07, 6.45) is 1.61. The summed E-state index contributed by atoms with van der Waals surface area (Å²) in [6.45, 7) is 1.18. The third kappa shape index (κ3) is 7.88. The number of nitrogens with two attached hydrogens (primary N) is 1. The third-order valence-corrected chi connectivity index (χ3v) is 8.65. The van der Waals surface area contributed by atoms with Gasteiger partial charge < -0.3 is 23.7 Å². The molecule has 0 spiro atoms. The van der Waals surface area contributed by atoms with Crippen LogP contribution in [0.1, 0.15) is 47.1 Å². The standard InChI is InChI=1S/C41H43NO5/c42-39(43-29-34-17-6-1-7-18-34)27-16-28-40(44-30-35-19-8-2-9-20-35,45-31-36-21-10-3-11-22-36)41(39,46-32-37-23-12-4-13-24-37)47-33-38-25-14-5-15-26-38/h1-15,17-26H,16,27-33,42H2. The van der Waals surface area contributed by atoms with Gasteiger partial charge in [-0.2, -0.15) is 0 Å². The molecule has 0 bridgehead atoms. The van der Waals surface area contributed by atoms with Crippen LogP contribution in [0, 0.1) is 0 Å². The molecule has 6 rings (SSSR count). The van der Waals surface area contributed by atoms with Crippen LogP contribution in [0.4, 0.5) is 0 Å². The zero-order chi connectivity index (χ0) is 32.3. The van der Waals surface area contributed by atoms with Crippen molar-refractivity contribution in [2.45, 2.75) is 69.6 Å². The Balaban J connectivity index is 1.46. The lowest BCUT2D eigenvalue weighted by Gasteiger charge is -2.58. The largest absolute Gasteiger partial charge is 0.350 e. The summed E-state index contributed by atoms with van der Waals surface area (Å²) in [6, 6.07) is 50.1. The average Bonchev–Trinajstić information content (AvgIpc) is 3.14. The van der Waals surface area contributed by atoms with Crippen molar-refractivity contribution in [1.82, 2.24) is 0 Å². The van der Waals surface area contributed by atoms with Crippen molar-refractivity contribution in [3.05, 3.63) is 179 Å². The van der Waals surface area contributed by atoms with E-state index in [1.54, 1.807) is 0 Å². The molecule has 1 atom stereocenters. The molecule has 6 heteroatoms. The molecule has 6 nitrogen and oxygen atoms in total. The Kier molecular flexibility index (Phi) is 10.9. The van der Waals surface area contributed by atoms with E-state index in [1.807, 2.05) is 152 Å². The van der Waals surface area contributed by atoms with Gasteiger partial charge in [-0.1, -0.05) is 152 Å². The highest BCUT2D eigenvalue weighted by molar-refractivity contribution is 5.20. The van der Waals surface area contributed by atoms with E-state index >= 15 is 0 Å². The monoisotopic (exact) mass is 629 g/mol. The molecule has 0 radical (unpaired) electrons. The Morgan fingerprint density at radius 3 is 1.02 bits per heavy atom. The molecule has 5 aromatic carbocycles. The minimum atomic E-state index is -1.69. The van der Waals surface area contributed by atoms with E-state index in [0.717, 1.165) is 27.8 Å². The van der Waals surface area contributed by atoms with Gasteiger partial charge in [0.2, 0.25) is 5.79 Å². The number of hydrogen-bond acceptors (Lipinski definition) is 6. The topological polar surface area (TPSA) is 72.2 Å². The van der Waals surface area contributed by atoms with Crippen molar-refractivity contribution in [2.24, 2.45) is 5.73 Å². The van der Waals surface area contributed by atoms with Gasteiger partial charge in [-0.05, 0) is 40.7 Å². The van der Waals surface area contributed by atoms with Crippen molar-refractivity contribution in [3.8, 4) is 0 Å². The van der Waals surface area contributed by atoms with E-state index in [4.69, 9.17) is 29.4 Å². The average molecular weight is 630 g/mol. The molecule has 2 N–H and O–H groups in total. The summed E-state index contributed by atoms with van der Waals surface area (Å²) < 4.78 is 34.9. The molecule has 0 aliphatic heterocycles. The number of rotatable bonds is 15. The van der Waals surface area contributed by atoms with Gasteiger partial charge in [0.1, 0.15) is 0 Å². The highest BCUT2D eigenvalue weighted by Crippen LogP contribution is 2.51. The first-order valence-electron chi connectivity index (χ1n) is 16.3. The summed E-state index contributed by atoms with van der Waals surface area (Å²) in [5, 5.41) is 0. The van der Waals surface area contributed by atoms with Gasteiger partial charge in [0.15, 0.2) is 5.72 Å². The molecule has 1 fully saturated rings. The maximum Gasteiger partial charge on any atom is 0.268 e. The fraction of sp³-hybridized carbons (Fsp3) is 0.268. The molecule has 1 saturated carbocycles. The van der Waals surface area contributed by atoms with Gasteiger partial charge in [-0.25, -0.2) is 0 Å². The van der Waals surface area contributed by atoms with Crippen molar-refractivity contribution >= 4 is 0 Å². The second-order valence-corrected chi connectivity index (χ2v) is 12.0. The molecule has 1 aliphatic carbocycles. The van der Waals surface area contributed by atoms with Crippen LogP contribution in [0.15, 0.2) is 152 Å². The quantitative estimate of drug-likeness (QED) is 0.118. The number of ether oxygens (including phenoxy) is 5. The predicted molar refractivity (Wildman–Crippen MR) is 182 cm³/mol. The zero-order valence-electron chi connectivity index (χ0n) is 26.7. The van der Waals surface area contributed by atoms with Gasteiger partial charge >= 0.3 is 0 Å². The maximum absolute atomic E-state index is 7.50. The van der Waals surface area contributed by atoms with Gasteiger partial charge in [-0.15, -0.1) is 0 Å². The third-order valence-electron chi connectivity index (χ3n) is 8.65. The minimum absolute atomic E-state index is 0.203. The minimum Gasteiger partial charge on any atom is -0.350 e. The van der Waals surface area contributed by atoms with Gasteiger partial charge in [0.25, 0.3) is 5.79 Å². The lowest BCUT2D eigenvalue weighted by molar-refractivity contribution is -0.479. The van der Waals surface area contributed by atoms with Crippen molar-refractivity contribution in [3.63, 3.8) is 0 Å². The maximum atomic E-state index is 7.50. The van der Waals surface area contributed by atoms with Crippen molar-refractivity contribution < 1.29 is 23.7 Å². The first-order valence-corrected chi connectivity index (χ1v) is 16.3. The molecular formula is C41H43NO5. The Morgan fingerprint density at radius 2 is 0.681 bits per heavy atom. The number of benzene rings is 5. The fourth-order valence-electron chi connectivity index (χ4n) is 6.14. The Morgan fingerprint density at radius 1 is 0.383 bits per heavy atom. The molecule has 47 heavy (non-hydrogen) atoms. The first kappa shape index (κ1) is 32.8. The van der Waals surface area contributed by atoms with E-state index in [2.05, 4.69) is 0 Å². The zero-order valence-corrected chi connectivity index (χ0v) is 26.7. The first-order chi connectivity index (χ1) is 23.1. The number of hydrogen-bond donors (Lipinski definition) is 1. The molecule has 0 saturated heterocycles. The molecule has 1 unspecified atom stereocenters. The van der Waals surface area contributed by atoms with Gasteiger partial charge in [-0.3, -0.25) is 5.73 Å². The van der Waals surface area contributed by atoms with Crippen LogP contribution in [0.3, 0.4) is 0 Å². The highest BCUT2D eigenvalue weighted by atomic mass is 16.8. The summed E-state index contributed by atoms with van der Waals surface area (Å²) in [4.78, 5) is 0. The van der Waals surface area contributed by atoms with Crippen LogP contribution < -0.4 is 5.73 Å². The van der Waals surface area contributed by atoms with Crippen LogP contribution in [0.25, 0.3) is 0 Å². The molecule has 242 valence electrons. The van der Waals surface area contributed by atoms with E-state index in [1.165, 1.54) is 0 Å². The second-order valence-electron chi connectivity index (χ2n) is 12.0. The Hall–Kier alpha value is -4.14. The Bertz CT molecular complexity index is 1530. The van der Waals surface area contributed by atoms with Crippen LogP contribution in [-0.4, -0.2) is 17.3 Å². The molecule has 5 aromatic rings. The lowest BCUT2D eigenvalue weighted by Crippen LogP contribution is -2.78. The van der Waals surface area contributed by atoms with Crippen molar-refractivity contribution in [2.75, 3.05) is 0 Å². The van der Waals surface area contributed by atoms with E-state index < -0.39 is 17.3 Å². The smallest absolute Gasteiger partial charge is 0.268 e. The highest BCUT2D eigenvalue weighted by Gasteiger charge is 2.70. The van der Waals surface area contributed by atoms with Crippen LogP contribution in [0.2, 0.25) is 0 Å². The van der Waals surface area contributed by atoms with E-state index in [-0.39, 0.29) is 33.0 Å². The van der Waals surface area contributed by atoms with Crippen LogP contribution >= 0.6 is 0 Å². The molecular weight excluding hydrogens is 586 g/mol. The summed E-state index contributed by atoms with van der Waals surface area (Å²) in [5.41, 5.74) is 10.9. The normalized spacial score (nSPS) is 18.5. The molecule has 0 aromatic heterocycles.